The average molecular weight is 158 g/mol. The van der Waals surface area contributed by atoms with E-state index in [4.69, 9.17) is 4.74 Å². The van der Waals surface area contributed by atoms with E-state index in [1.165, 1.54) is 0 Å². The third-order valence-corrected chi connectivity index (χ3v) is 1.62. The van der Waals surface area contributed by atoms with Crippen LogP contribution in [0.4, 0.5) is 0 Å². The first kappa shape index (κ1) is 8.49. The van der Waals surface area contributed by atoms with E-state index in [2.05, 4.69) is 10.6 Å². The second-order valence-electron chi connectivity index (χ2n) is 2.46. The molecule has 0 aromatic carbocycles. The van der Waals surface area contributed by atoms with Gasteiger partial charge in [0.25, 0.3) is 0 Å². The van der Waals surface area contributed by atoms with Gasteiger partial charge in [-0.1, -0.05) is 0 Å². The lowest BCUT2D eigenvalue weighted by molar-refractivity contribution is -0.125. The van der Waals surface area contributed by atoms with Gasteiger partial charge in [0.15, 0.2) is 0 Å². The summed E-state index contributed by atoms with van der Waals surface area (Å²) in [6.07, 6.45) is 0. The number of hydrogen-bond donors (Lipinski definition) is 2. The van der Waals surface area contributed by atoms with Gasteiger partial charge >= 0.3 is 0 Å². The Morgan fingerprint density at radius 1 is 1.64 bits per heavy atom. The molecule has 0 bridgehead atoms. The highest BCUT2D eigenvalue weighted by Crippen LogP contribution is 1.90. The molecule has 4 heteroatoms. The van der Waals surface area contributed by atoms with E-state index in [0.29, 0.717) is 13.2 Å². The minimum absolute atomic E-state index is 0.0460. The normalized spacial score (nSPS) is 24.8. The van der Waals surface area contributed by atoms with Gasteiger partial charge in [0.2, 0.25) is 5.91 Å². The molecule has 1 fully saturated rings. The van der Waals surface area contributed by atoms with Gasteiger partial charge in [-0.2, -0.15) is 0 Å². The van der Waals surface area contributed by atoms with Crippen LogP contribution in [0.3, 0.4) is 0 Å². The van der Waals surface area contributed by atoms with Crippen molar-refractivity contribution in [2.24, 2.45) is 0 Å². The van der Waals surface area contributed by atoms with Gasteiger partial charge in [-0.3, -0.25) is 4.79 Å². The molecule has 1 heterocycles. The van der Waals surface area contributed by atoms with Crippen LogP contribution >= 0.6 is 0 Å². The first-order valence-corrected chi connectivity index (χ1v) is 3.93. The molecule has 1 rings (SSSR count). The van der Waals surface area contributed by atoms with Crippen LogP contribution in [-0.2, 0) is 9.53 Å². The summed E-state index contributed by atoms with van der Waals surface area (Å²) in [6, 6.07) is -0.149. The van der Waals surface area contributed by atoms with Gasteiger partial charge in [-0.25, -0.2) is 0 Å². The molecule has 1 amide bonds. The van der Waals surface area contributed by atoms with E-state index in [9.17, 15) is 4.79 Å². The Morgan fingerprint density at radius 2 is 2.45 bits per heavy atom. The van der Waals surface area contributed by atoms with E-state index in [0.717, 1.165) is 13.1 Å². The predicted molar refractivity (Wildman–Crippen MR) is 41.3 cm³/mol. The zero-order valence-electron chi connectivity index (χ0n) is 6.72. The summed E-state index contributed by atoms with van der Waals surface area (Å²) in [5.74, 6) is 0.0460. The highest BCUT2D eigenvalue weighted by Gasteiger charge is 2.20. The summed E-state index contributed by atoms with van der Waals surface area (Å²) in [5.41, 5.74) is 0. The number of rotatable bonds is 3. The fraction of sp³-hybridized carbons (Fsp3) is 0.857. The summed E-state index contributed by atoms with van der Waals surface area (Å²) >= 11 is 0. The fourth-order valence-electron chi connectivity index (χ4n) is 1.02. The van der Waals surface area contributed by atoms with Gasteiger partial charge in [0, 0.05) is 19.7 Å². The molecular weight excluding hydrogens is 144 g/mol. The number of hydrogen-bond acceptors (Lipinski definition) is 3. The minimum atomic E-state index is -0.149. The number of amides is 1. The van der Waals surface area contributed by atoms with Crippen molar-refractivity contribution >= 4 is 5.91 Å². The van der Waals surface area contributed by atoms with Crippen LogP contribution in [0.1, 0.15) is 6.92 Å². The van der Waals surface area contributed by atoms with Gasteiger partial charge in [-0.05, 0) is 6.92 Å². The quantitative estimate of drug-likeness (QED) is 0.560. The largest absolute Gasteiger partial charge is 0.380 e. The van der Waals surface area contributed by atoms with E-state index in [-0.39, 0.29) is 11.9 Å². The molecule has 1 unspecified atom stereocenters. The summed E-state index contributed by atoms with van der Waals surface area (Å²) in [4.78, 5) is 11.0. The van der Waals surface area contributed by atoms with Crippen molar-refractivity contribution in [3.05, 3.63) is 0 Å². The topological polar surface area (TPSA) is 50.4 Å². The minimum Gasteiger partial charge on any atom is -0.380 e. The number of carbonyl (C=O) groups is 1. The van der Waals surface area contributed by atoms with Crippen LogP contribution < -0.4 is 10.6 Å². The zero-order valence-corrected chi connectivity index (χ0v) is 6.72. The molecule has 1 aliphatic rings. The standard InChI is InChI=1S/C7H14N2O2/c1-2-11-5-6-7(10)9-4-3-8-6/h6,8H,2-5H2,1H3,(H,9,10). The van der Waals surface area contributed by atoms with E-state index >= 15 is 0 Å². The van der Waals surface area contributed by atoms with Crippen molar-refractivity contribution in [2.45, 2.75) is 13.0 Å². The first-order chi connectivity index (χ1) is 5.34. The summed E-state index contributed by atoms with van der Waals surface area (Å²) in [7, 11) is 0. The Morgan fingerprint density at radius 3 is 3.09 bits per heavy atom. The van der Waals surface area contributed by atoms with Gasteiger partial charge < -0.3 is 15.4 Å². The number of piperazine rings is 1. The molecule has 11 heavy (non-hydrogen) atoms. The second kappa shape index (κ2) is 4.31. The monoisotopic (exact) mass is 158 g/mol. The van der Waals surface area contributed by atoms with Crippen molar-refractivity contribution in [1.82, 2.24) is 10.6 Å². The molecule has 1 aliphatic heterocycles. The third kappa shape index (κ3) is 2.48. The summed E-state index contributed by atoms with van der Waals surface area (Å²) < 4.78 is 5.12. The lowest BCUT2D eigenvalue weighted by Gasteiger charge is -2.22. The highest BCUT2D eigenvalue weighted by molar-refractivity contribution is 5.82. The van der Waals surface area contributed by atoms with Crippen LogP contribution in [0.2, 0.25) is 0 Å². The van der Waals surface area contributed by atoms with Crippen molar-refractivity contribution in [3.63, 3.8) is 0 Å². The van der Waals surface area contributed by atoms with Crippen molar-refractivity contribution in [2.75, 3.05) is 26.3 Å². The number of ether oxygens (including phenoxy) is 1. The van der Waals surface area contributed by atoms with E-state index in [1.807, 2.05) is 6.92 Å². The Labute approximate surface area is 66.3 Å². The van der Waals surface area contributed by atoms with Crippen molar-refractivity contribution in [1.29, 1.82) is 0 Å². The van der Waals surface area contributed by atoms with Crippen LogP contribution in [0.25, 0.3) is 0 Å². The summed E-state index contributed by atoms with van der Waals surface area (Å²) in [6.45, 7) is 4.61. The molecule has 0 aromatic rings. The molecule has 1 saturated heterocycles. The highest BCUT2D eigenvalue weighted by atomic mass is 16.5. The smallest absolute Gasteiger partial charge is 0.239 e. The van der Waals surface area contributed by atoms with Gasteiger partial charge in [0.05, 0.1) is 6.61 Å². The molecule has 1 atom stereocenters. The van der Waals surface area contributed by atoms with Crippen LogP contribution in [-0.4, -0.2) is 38.3 Å². The van der Waals surface area contributed by atoms with Gasteiger partial charge in [0.1, 0.15) is 6.04 Å². The number of nitrogens with one attached hydrogen (secondary N) is 2. The maximum absolute atomic E-state index is 11.0. The molecule has 4 nitrogen and oxygen atoms in total. The second-order valence-corrected chi connectivity index (χ2v) is 2.46. The van der Waals surface area contributed by atoms with Crippen molar-refractivity contribution < 1.29 is 9.53 Å². The molecule has 0 saturated carbocycles. The van der Waals surface area contributed by atoms with Crippen LogP contribution in [0.15, 0.2) is 0 Å². The Kier molecular flexibility index (Phi) is 3.32. The molecular formula is C7H14N2O2. The van der Waals surface area contributed by atoms with E-state index in [1.54, 1.807) is 0 Å². The predicted octanol–water partition coefficient (Wildman–Crippen LogP) is -0.889. The molecule has 0 aromatic heterocycles. The first-order valence-electron chi connectivity index (χ1n) is 3.93. The molecule has 2 N–H and O–H groups in total. The van der Waals surface area contributed by atoms with Crippen molar-refractivity contribution in [3.8, 4) is 0 Å². The lowest BCUT2D eigenvalue weighted by atomic mass is 10.2. The fourth-order valence-corrected chi connectivity index (χ4v) is 1.02. The average Bonchev–Trinajstić information content (AvgIpc) is 2.03. The maximum atomic E-state index is 11.0. The molecule has 0 aliphatic carbocycles. The SMILES string of the molecule is CCOCC1NCCNC1=O. The zero-order chi connectivity index (χ0) is 8.10. The maximum Gasteiger partial charge on any atom is 0.239 e. The Hall–Kier alpha value is -0.610. The summed E-state index contributed by atoms with van der Waals surface area (Å²) in [5, 5.41) is 5.83. The number of carbonyl (C=O) groups excluding carboxylic acids is 1. The molecule has 64 valence electrons. The Bertz CT molecular complexity index is 138. The van der Waals surface area contributed by atoms with Gasteiger partial charge in [-0.15, -0.1) is 0 Å². The molecule has 0 spiro atoms. The van der Waals surface area contributed by atoms with Crippen LogP contribution in [0, 0.1) is 0 Å². The Balaban J connectivity index is 2.24. The van der Waals surface area contributed by atoms with Crippen LogP contribution in [0.5, 0.6) is 0 Å². The third-order valence-electron chi connectivity index (χ3n) is 1.62. The van der Waals surface area contributed by atoms with E-state index < -0.39 is 0 Å². The molecule has 0 radical (unpaired) electrons. The lowest BCUT2D eigenvalue weighted by Crippen LogP contribution is -2.54.